The molecule has 1 unspecified atom stereocenters. The summed E-state index contributed by atoms with van der Waals surface area (Å²) in [5, 5.41) is 8.69. The fourth-order valence-corrected chi connectivity index (χ4v) is 1.01. The predicted octanol–water partition coefficient (Wildman–Crippen LogP) is 0.741. The quantitative estimate of drug-likeness (QED) is 0.701. The van der Waals surface area contributed by atoms with Crippen LogP contribution >= 0.6 is 0 Å². The number of nitrogens with zero attached hydrogens (tertiary/aromatic N) is 1. The van der Waals surface area contributed by atoms with Gasteiger partial charge in [0, 0.05) is 12.3 Å². The largest absolute Gasteiger partial charge is 0.478 e. The Morgan fingerprint density at radius 2 is 2.29 bits per heavy atom. The van der Waals surface area contributed by atoms with Gasteiger partial charge in [-0.15, -0.1) is 6.42 Å². The van der Waals surface area contributed by atoms with Crippen molar-refractivity contribution in [3.63, 3.8) is 0 Å². The van der Waals surface area contributed by atoms with E-state index in [9.17, 15) is 9.59 Å². The molecule has 1 rings (SSSR count). The number of carboxylic acids is 1. The number of aromatic nitrogens is 1. The second-order valence-corrected chi connectivity index (χ2v) is 2.81. The summed E-state index contributed by atoms with van der Waals surface area (Å²) < 4.78 is 1.21. The lowest BCUT2D eigenvalue weighted by atomic mass is 10.2. The van der Waals surface area contributed by atoms with Gasteiger partial charge in [-0.05, 0) is 13.0 Å². The summed E-state index contributed by atoms with van der Waals surface area (Å²) in [6, 6.07) is 2.00. The Kier molecular flexibility index (Phi) is 2.73. The maximum Gasteiger partial charge on any atom is 0.337 e. The maximum absolute atomic E-state index is 11.3. The van der Waals surface area contributed by atoms with Crippen molar-refractivity contribution in [1.82, 2.24) is 4.57 Å². The van der Waals surface area contributed by atoms with E-state index in [-0.39, 0.29) is 11.1 Å². The average Bonchev–Trinajstić information content (AvgIpc) is 2.17. The summed E-state index contributed by atoms with van der Waals surface area (Å²) >= 11 is 0. The zero-order chi connectivity index (χ0) is 10.7. The van der Waals surface area contributed by atoms with E-state index in [1.54, 1.807) is 6.92 Å². The van der Waals surface area contributed by atoms with E-state index in [0.717, 1.165) is 0 Å². The van der Waals surface area contributed by atoms with E-state index < -0.39 is 12.0 Å². The number of rotatable bonds is 2. The minimum absolute atomic E-state index is 0.0479. The number of hydrogen-bond donors (Lipinski definition) is 1. The molecule has 1 atom stereocenters. The van der Waals surface area contributed by atoms with Crippen LogP contribution in [-0.2, 0) is 0 Å². The summed E-state index contributed by atoms with van der Waals surface area (Å²) in [5.74, 6) is 1.28. The van der Waals surface area contributed by atoms with Crippen molar-refractivity contribution in [1.29, 1.82) is 0 Å². The molecule has 0 fully saturated rings. The SMILES string of the molecule is C#CC(C)n1cc(C(=O)O)ccc1=O. The van der Waals surface area contributed by atoms with Gasteiger partial charge in [0.2, 0.25) is 0 Å². The maximum atomic E-state index is 11.3. The standard InChI is InChI=1S/C10H9NO3/c1-3-7(2)11-6-8(10(13)14)4-5-9(11)12/h1,4-7H,2H3,(H,13,14). The Hall–Kier alpha value is -2.02. The first-order chi connectivity index (χ1) is 6.56. The highest BCUT2D eigenvalue weighted by Gasteiger charge is 2.07. The third kappa shape index (κ3) is 1.83. The molecule has 1 aromatic rings. The van der Waals surface area contributed by atoms with Crippen LogP contribution in [0.15, 0.2) is 23.1 Å². The highest BCUT2D eigenvalue weighted by molar-refractivity contribution is 5.87. The molecule has 0 aliphatic carbocycles. The number of hydrogen-bond acceptors (Lipinski definition) is 2. The Morgan fingerprint density at radius 3 is 2.79 bits per heavy atom. The van der Waals surface area contributed by atoms with Crippen LogP contribution in [0.2, 0.25) is 0 Å². The molecule has 1 heterocycles. The molecular formula is C10H9NO3. The van der Waals surface area contributed by atoms with E-state index in [4.69, 9.17) is 11.5 Å². The molecule has 4 heteroatoms. The molecule has 1 N–H and O–H groups in total. The average molecular weight is 191 g/mol. The van der Waals surface area contributed by atoms with Gasteiger partial charge in [-0.2, -0.15) is 0 Å². The molecule has 0 amide bonds. The van der Waals surface area contributed by atoms with E-state index in [2.05, 4.69) is 5.92 Å². The highest BCUT2D eigenvalue weighted by atomic mass is 16.4. The van der Waals surface area contributed by atoms with Crippen LogP contribution in [0.3, 0.4) is 0 Å². The zero-order valence-electron chi connectivity index (χ0n) is 7.60. The summed E-state index contributed by atoms with van der Waals surface area (Å²) in [5.41, 5.74) is -0.257. The first-order valence-electron chi connectivity index (χ1n) is 3.98. The van der Waals surface area contributed by atoms with Crippen LogP contribution in [0.25, 0.3) is 0 Å². The number of carboxylic acid groups (broad SMARTS) is 1. The van der Waals surface area contributed by atoms with Crippen molar-refractivity contribution in [2.75, 3.05) is 0 Å². The molecule has 0 spiro atoms. The lowest BCUT2D eigenvalue weighted by Gasteiger charge is -2.08. The van der Waals surface area contributed by atoms with Crippen LogP contribution in [0.1, 0.15) is 23.3 Å². The van der Waals surface area contributed by atoms with Gasteiger partial charge in [0.25, 0.3) is 5.56 Å². The molecular weight excluding hydrogens is 182 g/mol. The summed E-state index contributed by atoms with van der Waals surface area (Å²) in [6.07, 6.45) is 6.39. The Labute approximate surface area is 80.8 Å². The molecule has 4 nitrogen and oxygen atoms in total. The molecule has 1 aromatic heterocycles. The first-order valence-corrected chi connectivity index (χ1v) is 3.98. The van der Waals surface area contributed by atoms with Crippen molar-refractivity contribution in [3.8, 4) is 12.3 Å². The summed E-state index contributed by atoms with van der Waals surface area (Å²) in [4.78, 5) is 21.9. The minimum Gasteiger partial charge on any atom is -0.478 e. The lowest BCUT2D eigenvalue weighted by molar-refractivity contribution is 0.0696. The van der Waals surface area contributed by atoms with Crippen LogP contribution < -0.4 is 5.56 Å². The van der Waals surface area contributed by atoms with Crippen LogP contribution in [0, 0.1) is 12.3 Å². The van der Waals surface area contributed by atoms with Gasteiger partial charge < -0.3 is 9.67 Å². The van der Waals surface area contributed by atoms with E-state index in [1.165, 1.54) is 22.9 Å². The van der Waals surface area contributed by atoms with E-state index >= 15 is 0 Å². The molecule has 0 radical (unpaired) electrons. The van der Waals surface area contributed by atoms with E-state index in [0.29, 0.717) is 0 Å². The van der Waals surface area contributed by atoms with Crippen LogP contribution in [-0.4, -0.2) is 15.6 Å². The van der Waals surface area contributed by atoms with Gasteiger partial charge >= 0.3 is 5.97 Å². The molecule has 14 heavy (non-hydrogen) atoms. The van der Waals surface area contributed by atoms with Crippen molar-refractivity contribution < 1.29 is 9.90 Å². The Bertz CT molecular complexity index is 453. The molecule has 0 aliphatic heterocycles. The van der Waals surface area contributed by atoms with Crippen molar-refractivity contribution >= 4 is 5.97 Å². The van der Waals surface area contributed by atoms with Crippen molar-refractivity contribution in [3.05, 3.63) is 34.2 Å². The van der Waals surface area contributed by atoms with Crippen molar-refractivity contribution in [2.24, 2.45) is 0 Å². The van der Waals surface area contributed by atoms with Crippen LogP contribution in [0.4, 0.5) is 0 Å². The number of carbonyl (C=O) groups is 1. The predicted molar refractivity (Wildman–Crippen MR) is 51.2 cm³/mol. The van der Waals surface area contributed by atoms with Gasteiger partial charge in [0.15, 0.2) is 0 Å². The molecule has 0 aromatic carbocycles. The van der Waals surface area contributed by atoms with Gasteiger partial charge in [-0.3, -0.25) is 4.79 Å². The minimum atomic E-state index is -1.08. The molecule has 0 saturated carbocycles. The van der Waals surface area contributed by atoms with Gasteiger partial charge in [0.05, 0.1) is 11.6 Å². The molecule has 0 bridgehead atoms. The number of terminal acetylenes is 1. The second kappa shape index (κ2) is 3.79. The zero-order valence-corrected chi connectivity index (χ0v) is 7.60. The second-order valence-electron chi connectivity index (χ2n) is 2.81. The summed E-state index contributed by atoms with van der Waals surface area (Å²) in [6.45, 7) is 1.65. The molecule has 0 saturated heterocycles. The lowest BCUT2D eigenvalue weighted by Crippen LogP contribution is -2.22. The molecule has 72 valence electrons. The third-order valence-corrected chi connectivity index (χ3v) is 1.84. The Balaban J connectivity index is 3.30. The number of aromatic carboxylic acids is 1. The fraction of sp³-hybridized carbons (Fsp3) is 0.200. The van der Waals surface area contributed by atoms with Gasteiger partial charge in [-0.1, -0.05) is 5.92 Å². The first kappa shape index (κ1) is 10.1. The smallest absolute Gasteiger partial charge is 0.337 e. The van der Waals surface area contributed by atoms with Crippen LogP contribution in [0.5, 0.6) is 0 Å². The van der Waals surface area contributed by atoms with Gasteiger partial charge in [0.1, 0.15) is 0 Å². The normalized spacial score (nSPS) is 11.7. The fourth-order valence-electron chi connectivity index (χ4n) is 1.01. The topological polar surface area (TPSA) is 59.3 Å². The number of pyridine rings is 1. The molecule has 0 aliphatic rings. The highest BCUT2D eigenvalue weighted by Crippen LogP contribution is 2.02. The van der Waals surface area contributed by atoms with E-state index in [1.807, 2.05) is 0 Å². The summed E-state index contributed by atoms with van der Waals surface area (Å²) in [7, 11) is 0. The third-order valence-electron chi connectivity index (χ3n) is 1.84. The Morgan fingerprint density at radius 1 is 1.64 bits per heavy atom. The van der Waals surface area contributed by atoms with Gasteiger partial charge in [-0.25, -0.2) is 4.79 Å². The van der Waals surface area contributed by atoms with Crippen molar-refractivity contribution in [2.45, 2.75) is 13.0 Å². The monoisotopic (exact) mass is 191 g/mol.